The highest BCUT2D eigenvalue weighted by Crippen LogP contribution is 2.23. The first-order valence-corrected chi connectivity index (χ1v) is 7.48. The molecule has 4 heteroatoms. The van der Waals surface area contributed by atoms with Crippen molar-refractivity contribution in [1.29, 1.82) is 0 Å². The van der Waals surface area contributed by atoms with Gasteiger partial charge in [0.2, 0.25) is 5.91 Å². The Kier molecular flexibility index (Phi) is 5.82. The van der Waals surface area contributed by atoms with E-state index in [9.17, 15) is 4.79 Å². The van der Waals surface area contributed by atoms with Gasteiger partial charge < -0.3 is 10.6 Å². The van der Waals surface area contributed by atoms with Crippen LogP contribution < -0.4 is 10.6 Å². The summed E-state index contributed by atoms with van der Waals surface area (Å²) in [4.78, 5) is 13.5. The van der Waals surface area contributed by atoms with E-state index in [1.165, 1.54) is 4.88 Å². The second kappa shape index (κ2) is 6.90. The summed E-state index contributed by atoms with van der Waals surface area (Å²) < 4.78 is 0. The third-order valence-electron chi connectivity index (χ3n) is 2.96. The van der Waals surface area contributed by atoms with Crippen molar-refractivity contribution < 1.29 is 4.79 Å². The van der Waals surface area contributed by atoms with Crippen molar-refractivity contribution >= 4 is 17.2 Å². The van der Waals surface area contributed by atoms with Crippen molar-refractivity contribution in [3.8, 4) is 0 Å². The van der Waals surface area contributed by atoms with E-state index in [0.29, 0.717) is 0 Å². The van der Waals surface area contributed by atoms with Gasteiger partial charge >= 0.3 is 0 Å². The predicted molar refractivity (Wildman–Crippen MR) is 77.9 cm³/mol. The molecule has 2 N–H and O–H groups in total. The molecule has 0 aliphatic heterocycles. The lowest BCUT2D eigenvalue weighted by Gasteiger charge is -2.27. The van der Waals surface area contributed by atoms with E-state index in [-0.39, 0.29) is 11.9 Å². The zero-order chi connectivity index (χ0) is 13.6. The SMILES string of the molecule is CCCC(NC(=O)C(C)(C)NCC)c1cccs1. The van der Waals surface area contributed by atoms with Crippen molar-refractivity contribution in [3.05, 3.63) is 22.4 Å². The lowest BCUT2D eigenvalue weighted by Crippen LogP contribution is -2.53. The molecule has 0 spiro atoms. The molecule has 1 amide bonds. The van der Waals surface area contributed by atoms with Gasteiger partial charge in [0.1, 0.15) is 0 Å². The summed E-state index contributed by atoms with van der Waals surface area (Å²) in [6.07, 6.45) is 2.04. The summed E-state index contributed by atoms with van der Waals surface area (Å²) in [6.45, 7) is 8.78. The number of nitrogens with one attached hydrogen (secondary N) is 2. The maximum absolute atomic E-state index is 12.3. The van der Waals surface area contributed by atoms with Crippen LogP contribution in [0.5, 0.6) is 0 Å². The van der Waals surface area contributed by atoms with Crippen molar-refractivity contribution in [1.82, 2.24) is 10.6 Å². The fraction of sp³-hybridized carbons (Fsp3) is 0.643. The van der Waals surface area contributed by atoms with E-state index in [2.05, 4.69) is 29.0 Å². The van der Waals surface area contributed by atoms with E-state index in [0.717, 1.165) is 19.4 Å². The molecular formula is C14H24N2OS. The maximum Gasteiger partial charge on any atom is 0.240 e. The van der Waals surface area contributed by atoms with Gasteiger partial charge in [-0.25, -0.2) is 0 Å². The minimum absolute atomic E-state index is 0.0659. The van der Waals surface area contributed by atoms with Gasteiger partial charge in [0.25, 0.3) is 0 Å². The Labute approximate surface area is 114 Å². The molecule has 0 aliphatic carbocycles. The molecular weight excluding hydrogens is 244 g/mol. The van der Waals surface area contributed by atoms with Crippen LogP contribution >= 0.6 is 11.3 Å². The van der Waals surface area contributed by atoms with Gasteiger partial charge in [0.15, 0.2) is 0 Å². The standard InChI is InChI=1S/C14H24N2OS/c1-5-8-11(12-9-7-10-18-12)16-13(17)14(3,4)15-6-2/h7,9-11,15H,5-6,8H2,1-4H3,(H,16,17). The Morgan fingerprint density at radius 2 is 2.17 bits per heavy atom. The number of carbonyl (C=O) groups excluding carboxylic acids is 1. The molecule has 18 heavy (non-hydrogen) atoms. The molecule has 0 saturated carbocycles. The average Bonchev–Trinajstić information content (AvgIpc) is 2.81. The highest BCUT2D eigenvalue weighted by molar-refractivity contribution is 7.10. The van der Waals surface area contributed by atoms with Crippen LogP contribution in [0.25, 0.3) is 0 Å². The van der Waals surface area contributed by atoms with Gasteiger partial charge in [-0.1, -0.05) is 26.3 Å². The second-order valence-corrected chi connectivity index (χ2v) is 5.96. The van der Waals surface area contributed by atoms with Gasteiger partial charge in [-0.2, -0.15) is 0 Å². The summed E-state index contributed by atoms with van der Waals surface area (Å²) in [6, 6.07) is 4.26. The van der Waals surface area contributed by atoms with E-state index in [1.807, 2.05) is 26.8 Å². The van der Waals surface area contributed by atoms with E-state index in [4.69, 9.17) is 0 Å². The quantitative estimate of drug-likeness (QED) is 0.798. The molecule has 1 rings (SSSR count). The molecule has 3 nitrogen and oxygen atoms in total. The van der Waals surface area contributed by atoms with Crippen LogP contribution in [-0.2, 0) is 4.79 Å². The molecule has 1 heterocycles. The van der Waals surface area contributed by atoms with Crippen molar-refractivity contribution in [2.24, 2.45) is 0 Å². The lowest BCUT2D eigenvalue weighted by molar-refractivity contribution is -0.127. The molecule has 0 radical (unpaired) electrons. The largest absolute Gasteiger partial charge is 0.347 e. The van der Waals surface area contributed by atoms with Crippen molar-refractivity contribution in [2.75, 3.05) is 6.54 Å². The maximum atomic E-state index is 12.3. The van der Waals surface area contributed by atoms with Gasteiger partial charge in [0, 0.05) is 4.88 Å². The Balaban J connectivity index is 2.70. The first-order chi connectivity index (χ1) is 8.51. The topological polar surface area (TPSA) is 41.1 Å². The third kappa shape index (κ3) is 4.10. The number of hydrogen-bond donors (Lipinski definition) is 2. The fourth-order valence-corrected chi connectivity index (χ4v) is 2.74. The summed E-state index contributed by atoms with van der Waals surface area (Å²) in [5, 5.41) is 8.42. The van der Waals surface area contributed by atoms with Crippen LogP contribution in [0.15, 0.2) is 17.5 Å². The minimum atomic E-state index is -0.516. The number of carbonyl (C=O) groups is 1. The number of hydrogen-bond acceptors (Lipinski definition) is 3. The average molecular weight is 268 g/mol. The van der Waals surface area contributed by atoms with E-state index < -0.39 is 5.54 Å². The van der Waals surface area contributed by atoms with Crippen LogP contribution in [0, 0.1) is 0 Å². The number of rotatable bonds is 7. The normalized spacial score (nSPS) is 13.3. The monoisotopic (exact) mass is 268 g/mol. The number of likely N-dealkylation sites (N-methyl/N-ethyl adjacent to an activating group) is 1. The van der Waals surface area contributed by atoms with Crippen LogP contribution in [0.3, 0.4) is 0 Å². The van der Waals surface area contributed by atoms with Gasteiger partial charge in [-0.15, -0.1) is 11.3 Å². The highest BCUT2D eigenvalue weighted by atomic mass is 32.1. The predicted octanol–water partition coefficient (Wildman–Crippen LogP) is 3.09. The van der Waals surface area contributed by atoms with Gasteiger partial charge in [-0.3, -0.25) is 4.79 Å². The molecule has 1 aromatic rings. The zero-order valence-electron chi connectivity index (χ0n) is 11.7. The fourth-order valence-electron chi connectivity index (χ4n) is 1.92. The molecule has 1 atom stereocenters. The Morgan fingerprint density at radius 3 is 2.67 bits per heavy atom. The second-order valence-electron chi connectivity index (χ2n) is 4.99. The molecule has 0 aromatic carbocycles. The zero-order valence-corrected chi connectivity index (χ0v) is 12.6. The first kappa shape index (κ1) is 15.2. The van der Waals surface area contributed by atoms with Gasteiger partial charge in [0.05, 0.1) is 11.6 Å². The van der Waals surface area contributed by atoms with Crippen molar-refractivity contribution in [3.63, 3.8) is 0 Å². The van der Waals surface area contributed by atoms with Crippen LogP contribution in [-0.4, -0.2) is 18.0 Å². The minimum Gasteiger partial charge on any atom is -0.347 e. The molecule has 102 valence electrons. The Morgan fingerprint density at radius 1 is 1.44 bits per heavy atom. The molecule has 0 fully saturated rings. The first-order valence-electron chi connectivity index (χ1n) is 6.60. The molecule has 0 aliphatic rings. The summed E-state index contributed by atoms with van der Waals surface area (Å²) in [5.74, 6) is 0.0659. The molecule has 0 saturated heterocycles. The highest BCUT2D eigenvalue weighted by Gasteiger charge is 2.28. The third-order valence-corrected chi connectivity index (χ3v) is 3.94. The molecule has 0 bridgehead atoms. The summed E-state index contributed by atoms with van der Waals surface area (Å²) in [7, 11) is 0. The Hall–Kier alpha value is -0.870. The van der Waals surface area contributed by atoms with E-state index >= 15 is 0 Å². The van der Waals surface area contributed by atoms with E-state index in [1.54, 1.807) is 11.3 Å². The lowest BCUT2D eigenvalue weighted by atomic mass is 10.0. The van der Waals surface area contributed by atoms with Crippen molar-refractivity contribution in [2.45, 2.75) is 52.1 Å². The molecule has 1 unspecified atom stereocenters. The molecule has 1 aromatic heterocycles. The van der Waals surface area contributed by atoms with Crippen LogP contribution in [0.1, 0.15) is 51.5 Å². The Bertz CT molecular complexity index is 360. The summed E-state index contributed by atoms with van der Waals surface area (Å²) >= 11 is 1.70. The van der Waals surface area contributed by atoms with Gasteiger partial charge in [-0.05, 0) is 38.3 Å². The smallest absolute Gasteiger partial charge is 0.240 e. The number of thiophene rings is 1. The number of amides is 1. The summed E-state index contributed by atoms with van der Waals surface area (Å²) in [5.41, 5.74) is -0.516. The van der Waals surface area contributed by atoms with Crippen LogP contribution in [0.2, 0.25) is 0 Å². The van der Waals surface area contributed by atoms with Crippen LogP contribution in [0.4, 0.5) is 0 Å².